The molecule has 1 nitrogen and oxygen atoms in total. The molecular weight excluding hydrogens is 160 g/mol. The van der Waals surface area contributed by atoms with Crippen LogP contribution in [0.4, 0.5) is 0 Å². The molecule has 0 heterocycles. The van der Waals surface area contributed by atoms with Gasteiger partial charge in [-0.25, -0.2) is 0 Å². The SMILES string of the molecule is C=CC(O)C1CCC(C(C)C)CC1. The molecule has 0 saturated heterocycles. The van der Waals surface area contributed by atoms with E-state index in [0.29, 0.717) is 5.92 Å². The van der Waals surface area contributed by atoms with E-state index in [1.807, 2.05) is 0 Å². The monoisotopic (exact) mass is 182 g/mol. The molecule has 1 saturated carbocycles. The predicted octanol–water partition coefficient (Wildman–Crippen LogP) is 3.00. The van der Waals surface area contributed by atoms with Gasteiger partial charge in [0, 0.05) is 0 Å². The fourth-order valence-electron chi connectivity index (χ4n) is 2.35. The van der Waals surface area contributed by atoms with Gasteiger partial charge in [0.15, 0.2) is 0 Å². The smallest absolute Gasteiger partial charge is 0.0746 e. The first-order valence-electron chi connectivity index (χ1n) is 5.45. The molecule has 0 amide bonds. The largest absolute Gasteiger partial charge is 0.389 e. The Morgan fingerprint density at radius 3 is 2.00 bits per heavy atom. The number of aliphatic hydroxyl groups is 1. The average molecular weight is 182 g/mol. The maximum atomic E-state index is 9.59. The van der Waals surface area contributed by atoms with Crippen molar-refractivity contribution in [1.82, 2.24) is 0 Å². The van der Waals surface area contributed by atoms with Crippen molar-refractivity contribution >= 4 is 0 Å². The third-order valence-corrected chi connectivity index (χ3v) is 3.48. The second kappa shape index (κ2) is 4.80. The highest BCUT2D eigenvalue weighted by molar-refractivity contribution is 4.87. The van der Waals surface area contributed by atoms with Gasteiger partial charge in [0.2, 0.25) is 0 Å². The minimum absolute atomic E-state index is 0.270. The third-order valence-electron chi connectivity index (χ3n) is 3.48. The maximum absolute atomic E-state index is 9.59. The van der Waals surface area contributed by atoms with Crippen molar-refractivity contribution in [3.8, 4) is 0 Å². The van der Waals surface area contributed by atoms with Crippen LogP contribution in [-0.4, -0.2) is 11.2 Å². The lowest BCUT2D eigenvalue weighted by atomic mass is 9.75. The molecule has 1 fully saturated rings. The zero-order valence-electron chi connectivity index (χ0n) is 8.87. The van der Waals surface area contributed by atoms with Gasteiger partial charge >= 0.3 is 0 Å². The van der Waals surface area contributed by atoms with Gasteiger partial charge in [-0.2, -0.15) is 0 Å². The van der Waals surface area contributed by atoms with Crippen molar-refractivity contribution in [3.05, 3.63) is 12.7 Å². The van der Waals surface area contributed by atoms with Crippen LogP contribution in [-0.2, 0) is 0 Å². The number of hydrogen-bond donors (Lipinski definition) is 1. The molecule has 1 N–H and O–H groups in total. The molecule has 1 atom stereocenters. The van der Waals surface area contributed by atoms with Crippen LogP contribution < -0.4 is 0 Å². The topological polar surface area (TPSA) is 20.2 Å². The van der Waals surface area contributed by atoms with Gasteiger partial charge in [0.25, 0.3) is 0 Å². The van der Waals surface area contributed by atoms with E-state index < -0.39 is 0 Å². The molecule has 1 aliphatic carbocycles. The van der Waals surface area contributed by atoms with Crippen molar-refractivity contribution in [2.24, 2.45) is 17.8 Å². The van der Waals surface area contributed by atoms with E-state index in [1.54, 1.807) is 6.08 Å². The highest BCUT2D eigenvalue weighted by Gasteiger charge is 2.26. The van der Waals surface area contributed by atoms with Crippen LogP contribution in [0, 0.1) is 17.8 Å². The van der Waals surface area contributed by atoms with Crippen LogP contribution >= 0.6 is 0 Å². The highest BCUT2D eigenvalue weighted by atomic mass is 16.3. The van der Waals surface area contributed by atoms with E-state index >= 15 is 0 Å². The maximum Gasteiger partial charge on any atom is 0.0746 e. The van der Waals surface area contributed by atoms with Crippen LogP contribution in [0.25, 0.3) is 0 Å². The predicted molar refractivity (Wildman–Crippen MR) is 56.5 cm³/mol. The molecule has 1 rings (SSSR count). The second-order valence-electron chi connectivity index (χ2n) is 4.65. The van der Waals surface area contributed by atoms with E-state index in [0.717, 1.165) is 11.8 Å². The van der Waals surface area contributed by atoms with E-state index in [9.17, 15) is 5.11 Å². The van der Waals surface area contributed by atoms with Crippen LogP contribution in [0.15, 0.2) is 12.7 Å². The van der Waals surface area contributed by atoms with Gasteiger partial charge in [0.1, 0.15) is 0 Å². The van der Waals surface area contributed by atoms with Crippen molar-refractivity contribution in [2.45, 2.75) is 45.6 Å². The van der Waals surface area contributed by atoms with Gasteiger partial charge in [-0.1, -0.05) is 19.9 Å². The highest BCUT2D eigenvalue weighted by Crippen LogP contribution is 2.34. The molecule has 1 heteroatoms. The van der Waals surface area contributed by atoms with Crippen LogP contribution in [0.5, 0.6) is 0 Å². The molecule has 0 radical (unpaired) electrons. The summed E-state index contributed by atoms with van der Waals surface area (Å²) in [5.74, 6) is 2.17. The summed E-state index contributed by atoms with van der Waals surface area (Å²) in [6.45, 7) is 8.24. The van der Waals surface area contributed by atoms with Crippen molar-refractivity contribution in [2.75, 3.05) is 0 Å². The first kappa shape index (κ1) is 10.8. The number of aliphatic hydroxyl groups excluding tert-OH is 1. The van der Waals surface area contributed by atoms with E-state index in [2.05, 4.69) is 20.4 Å². The zero-order valence-corrected chi connectivity index (χ0v) is 8.87. The summed E-state index contributed by atoms with van der Waals surface area (Å²) in [4.78, 5) is 0. The molecule has 0 spiro atoms. The lowest BCUT2D eigenvalue weighted by molar-refractivity contribution is 0.101. The number of rotatable bonds is 3. The molecule has 0 bridgehead atoms. The fourth-order valence-corrected chi connectivity index (χ4v) is 2.35. The Hall–Kier alpha value is -0.300. The van der Waals surface area contributed by atoms with Crippen LogP contribution in [0.1, 0.15) is 39.5 Å². The lowest BCUT2D eigenvalue weighted by Gasteiger charge is -2.32. The first-order valence-corrected chi connectivity index (χ1v) is 5.45. The summed E-state index contributed by atoms with van der Waals surface area (Å²) < 4.78 is 0. The molecule has 0 aromatic carbocycles. The molecular formula is C12H22O. The Bertz CT molecular complexity index is 155. The lowest BCUT2D eigenvalue weighted by Crippen LogP contribution is -2.25. The summed E-state index contributed by atoms with van der Waals surface area (Å²) in [6.07, 6.45) is 6.33. The summed E-state index contributed by atoms with van der Waals surface area (Å²) in [6, 6.07) is 0. The van der Waals surface area contributed by atoms with E-state index in [-0.39, 0.29) is 6.10 Å². The Kier molecular flexibility index (Phi) is 3.98. The summed E-state index contributed by atoms with van der Waals surface area (Å²) in [5.41, 5.74) is 0. The molecule has 13 heavy (non-hydrogen) atoms. The second-order valence-corrected chi connectivity index (χ2v) is 4.65. The van der Waals surface area contributed by atoms with Crippen molar-refractivity contribution in [1.29, 1.82) is 0 Å². The molecule has 0 aromatic heterocycles. The minimum Gasteiger partial charge on any atom is -0.389 e. The van der Waals surface area contributed by atoms with Crippen molar-refractivity contribution < 1.29 is 5.11 Å². The van der Waals surface area contributed by atoms with Crippen molar-refractivity contribution in [3.63, 3.8) is 0 Å². The Morgan fingerprint density at radius 1 is 1.15 bits per heavy atom. The van der Waals surface area contributed by atoms with E-state index in [4.69, 9.17) is 0 Å². The third kappa shape index (κ3) is 2.84. The summed E-state index contributed by atoms with van der Waals surface area (Å²) >= 11 is 0. The van der Waals surface area contributed by atoms with Crippen LogP contribution in [0.3, 0.4) is 0 Å². The average Bonchev–Trinajstić information content (AvgIpc) is 2.17. The zero-order chi connectivity index (χ0) is 9.84. The Morgan fingerprint density at radius 2 is 1.62 bits per heavy atom. The Labute approximate surface area is 81.9 Å². The van der Waals surface area contributed by atoms with E-state index in [1.165, 1.54) is 25.7 Å². The fraction of sp³-hybridized carbons (Fsp3) is 0.833. The normalized spacial score (nSPS) is 31.7. The van der Waals surface area contributed by atoms with Gasteiger partial charge in [-0.15, -0.1) is 6.58 Å². The van der Waals surface area contributed by atoms with Gasteiger partial charge in [-0.05, 0) is 43.4 Å². The molecule has 76 valence electrons. The Balaban J connectivity index is 2.34. The van der Waals surface area contributed by atoms with Crippen LogP contribution in [0.2, 0.25) is 0 Å². The number of hydrogen-bond acceptors (Lipinski definition) is 1. The quantitative estimate of drug-likeness (QED) is 0.665. The van der Waals surface area contributed by atoms with Gasteiger partial charge in [-0.3, -0.25) is 0 Å². The van der Waals surface area contributed by atoms with Gasteiger partial charge < -0.3 is 5.11 Å². The molecule has 1 unspecified atom stereocenters. The summed E-state index contributed by atoms with van der Waals surface area (Å²) in [5, 5.41) is 9.59. The molecule has 1 aliphatic rings. The first-order chi connectivity index (χ1) is 6.15. The molecule has 0 aromatic rings. The van der Waals surface area contributed by atoms with Gasteiger partial charge in [0.05, 0.1) is 6.10 Å². The minimum atomic E-state index is -0.270. The molecule has 0 aliphatic heterocycles. The standard InChI is InChI=1S/C12H22O/c1-4-12(13)11-7-5-10(6-8-11)9(2)3/h4,9-13H,1,5-8H2,2-3H3. The summed E-state index contributed by atoms with van der Waals surface area (Å²) in [7, 11) is 0.